The number of nitrogens with one attached hydrogen (secondary N) is 3. The summed E-state index contributed by atoms with van der Waals surface area (Å²) in [5.41, 5.74) is 0.866. The van der Waals surface area contributed by atoms with Crippen LogP contribution in [0.3, 0.4) is 0 Å². The topological polar surface area (TPSA) is 74.0 Å². The molecule has 1 amide bonds. The van der Waals surface area contributed by atoms with E-state index in [1.165, 1.54) is 6.07 Å². The maximum Gasteiger partial charge on any atom is 0.252 e. The molecular formula is C16H19N3O2. The molecule has 1 aliphatic heterocycles. The number of hydrogen-bond donors (Lipinski definition) is 3. The zero-order valence-corrected chi connectivity index (χ0v) is 12.0. The van der Waals surface area contributed by atoms with E-state index >= 15 is 0 Å². The third-order valence-electron chi connectivity index (χ3n) is 4.14. The second kappa shape index (κ2) is 5.69. The van der Waals surface area contributed by atoms with Crippen molar-refractivity contribution in [1.82, 2.24) is 15.6 Å². The van der Waals surface area contributed by atoms with E-state index < -0.39 is 0 Å². The fourth-order valence-corrected chi connectivity index (χ4v) is 2.82. The fourth-order valence-electron chi connectivity index (χ4n) is 2.82. The van der Waals surface area contributed by atoms with Crippen LogP contribution >= 0.6 is 0 Å². The van der Waals surface area contributed by atoms with Gasteiger partial charge in [0.15, 0.2) is 0 Å². The molecule has 3 N–H and O–H groups in total. The molecule has 0 radical (unpaired) electrons. The molecule has 2 unspecified atom stereocenters. The molecule has 1 aliphatic rings. The van der Waals surface area contributed by atoms with Crippen LogP contribution in [0.2, 0.25) is 0 Å². The second-order valence-electron chi connectivity index (χ2n) is 5.64. The number of fused-ring (bicyclic) bond motifs is 1. The van der Waals surface area contributed by atoms with Crippen molar-refractivity contribution in [2.45, 2.75) is 19.4 Å². The van der Waals surface area contributed by atoms with E-state index in [0.717, 1.165) is 24.9 Å². The summed E-state index contributed by atoms with van der Waals surface area (Å²) >= 11 is 0. The van der Waals surface area contributed by atoms with Crippen LogP contribution in [-0.2, 0) is 0 Å². The van der Waals surface area contributed by atoms with Crippen molar-refractivity contribution < 1.29 is 4.79 Å². The first-order valence-electron chi connectivity index (χ1n) is 7.29. The Hall–Kier alpha value is -2.14. The molecule has 2 atom stereocenters. The molecule has 0 aliphatic carbocycles. The minimum Gasteiger partial charge on any atom is -0.348 e. The molecule has 5 nitrogen and oxygen atoms in total. The van der Waals surface area contributed by atoms with Gasteiger partial charge < -0.3 is 15.6 Å². The van der Waals surface area contributed by atoms with Crippen LogP contribution in [0, 0.1) is 5.92 Å². The maximum atomic E-state index is 12.5. The van der Waals surface area contributed by atoms with E-state index in [0.29, 0.717) is 17.0 Å². The third-order valence-corrected chi connectivity index (χ3v) is 4.14. The Labute approximate surface area is 122 Å². The predicted molar refractivity (Wildman–Crippen MR) is 82.5 cm³/mol. The molecule has 1 fully saturated rings. The molecule has 2 heterocycles. The van der Waals surface area contributed by atoms with Crippen molar-refractivity contribution in [1.29, 1.82) is 0 Å². The number of pyridine rings is 1. The summed E-state index contributed by atoms with van der Waals surface area (Å²) in [6, 6.07) is 8.83. The highest BCUT2D eigenvalue weighted by Gasteiger charge is 2.23. The maximum absolute atomic E-state index is 12.5. The molecule has 21 heavy (non-hydrogen) atoms. The lowest BCUT2D eigenvalue weighted by Gasteiger charge is -2.30. The summed E-state index contributed by atoms with van der Waals surface area (Å²) in [5.74, 6) is 0.251. The van der Waals surface area contributed by atoms with Crippen LogP contribution in [0.15, 0.2) is 35.1 Å². The van der Waals surface area contributed by atoms with Gasteiger partial charge >= 0.3 is 0 Å². The summed E-state index contributed by atoms with van der Waals surface area (Å²) in [6.45, 7) is 3.90. The largest absolute Gasteiger partial charge is 0.348 e. The van der Waals surface area contributed by atoms with Gasteiger partial charge in [-0.05, 0) is 24.9 Å². The van der Waals surface area contributed by atoms with Gasteiger partial charge in [0.2, 0.25) is 5.56 Å². The first kappa shape index (κ1) is 13.8. The van der Waals surface area contributed by atoms with E-state index in [2.05, 4.69) is 22.5 Å². The highest BCUT2D eigenvalue weighted by molar-refractivity contribution is 6.06. The molecule has 2 aromatic rings. The highest BCUT2D eigenvalue weighted by Crippen LogP contribution is 2.16. The average molecular weight is 285 g/mol. The van der Waals surface area contributed by atoms with Crippen LogP contribution in [0.5, 0.6) is 0 Å². The first-order valence-corrected chi connectivity index (χ1v) is 7.29. The van der Waals surface area contributed by atoms with Crippen molar-refractivity contribution in [3.63, 3.8) is 0 Å². The number of carbonyl (C=O) groups excluding carboxylic acids is 1. The van der Waals surface area contributed by atoms with Crippen LogP contribution < -0.4 is 16.2 Å². The number of H-pyrrole nitrogens is 1. The van der Waals surface area contributed by atoms with Crippen LogP contribution in [0.1, 0.15) is 23.7 Å². The standard InChI is InChI=1S/C16H19N3O2/c1-10-6-7-17-9-14(10)19-16(21)12-8-15(20)18-13-5-3-2-4-11(12)13/h2-5,8,10,14,17H,6-7,9H2,1H3,(H,18,20)(H,19,21). The molecule has 3 rings (SSSR count). The van der Waals surface area contributed by atoms with Gasteiger partial charge in [0.25, 0.3) is 5.91 Å². The minimum absolute atomic E-state index is 0.101. The van der Waals surface area contributed by atoms with E-state index in [4.69, 9.17) is 0 Å². The molecule has 5 heteroatoms. The van der Waals surface area contributed by atoms with Gasteiger partial charge in [-0.25, -0.2) is 0 Å². The molecule has 0 saturated carbocycles. The number of para-hydroxylation sites is 1. The Balaban J connectivity index is 1.92. The molecule has 1 aromatic heterocycles. The van der Waals surface area contributed by atoms with Gasteiger partial charge in [0.1, 0.15) is 0 Å². The Morgan fingerprint density at radius 2 is 2.14 bits per heavy atom. The third kappa shape index (κ3) is 2.83. The van der Waals surface area contributed by atoms with E-state index in [1.807, 2.05) is 18.2 Å². The summed E-state index contributed by atoms with van der Waals surface area (Å²) in [7, 11) is 0. The number of hydrogen-bond acceptors (Lipinski definition) is 3. The monoisotopic (exact) mass is 285 g/mol. The van der Waals surface area contributed by atoms with Gasteiger partial charge in [0.05, 0.1) is 5.56 Å². The van der Waals surface area contributed by atoms with E-state index in [9.17, 15) is 9.59 Å². The lowest BCUT2D eigenvalue weighted by atomic mass is 9.94. The number of aromatic amines is 1. The Bertz CT molecular complexity index is 723. The SMILES string of the molecule is CC1CCNCC1NC(=O)c1cc(=O)[nH]c2ccccc12. The molecule has 110 valence electrons. The summed E-state index contributed by atoms with van der Waals surface area (Å²) in [5, 5.41) is 7.11. The normalized spacial score (nSPS) is 22.1. The van der Waals surface area contributed by atoms with Gasteiger partial charge in [0, 0.05) is 29.6 Å². The number of piperidine rings is 1. The van der Waals surface area contributed by atoms with Gasteiger partial charge in [-0.3, -0.25) is 9.59 Å². The Morgan fingerprint density at radius 1 is 1.33 bits per heavy atom. The van der Waals surface area contributed by atoms with Crippen LogP contribution in [-0.4, -0.2) is 30.0 Å². The van der Waals surface area contributed by atoms with Crippen molar-refractivity contribution in [2.75, 3.05) is 13.1 Å². The zero-order valence-electron chi connectivity index (χ0n) is 12.0. The average Bonchev–Trinajstić information content (AvgIpc) is 2.48. The zero-order chi connectivity index (χ0) is 14.8. The highest BCUT2D eigenvalue weighted by atomic mass is 16.2. The summed E-state index contributed by atoms with van der Waals surface area (Å²) < 4.78 is 0. The van der Waals surface area contributed by atoms with Gasteiger partial charge in [-0.15, -0.1) is 0 Å². The van der Waals surface area contributed by atoms with Crippen molar-refractivity contribution in [2.24, 2.45) is 5.92 Å². The number of carbonyl (C=O) groups is 1. The Kier molecular flexibility index (Phi) is 3.75. The minimum atomic E-state index is -0.256. The second-order valence-corrected chi connectivity index (χ2v) is 5.64. The number of benzene rings is 1. The predicted octanol–water partition coefficient (Wildman–Crippen LogP) is 1.26. The quantitative estimate of drug-likeness (QED) is 0.777. The van der Waals surface area contributed by atoms with Crippen molar-refractivity contribution in [3.05, 3.63) is 46.2 Å². The fraction of sp³-hybridized carbons (Fsp3) is 0.375. The molecule has 0 bridgehead atoms. The molecular weight excluding hydrogens is 266 g/mol. The number of rotatable bonds is 2. The summed E-state index contributed by atoms with van der Waals surface area (Å²) in [6.07, 6.45) is 1.04. The van der Waals surface area contributed by atoms with Crippen molar-refractivity contribution in [3.8, 4) is 0 Å². The van der Waals surface area contributed by atoms with Crippen molar-refractivity contribution >= 4 is 16.8 Å². The van der Waals surface area contributed by atoms with Crippen LogP contribution in [0.25, 0.3) is 10.9 Å². The lowest BCUT2D eigenvalue weighted by Crippen LogP contribution is -2.50. The smallest absolute Gasteiger partial charge is 0.252 e. The van der Waals surface area contributed by atoms with Gasteiger partial charge in [-0.2, -0.15) is 0 Å². The first-order chi connectivity index (χ1) is 10.1. The number of aromatic nitrogens is 1. The molecule has 1 aromatic carbocycles. The van der Waals surface area contributed by atoms with Crippen LogP contribution in [0.4, 0.5) is 0 Å². The lowest BCUT2D eigenvalue weighted by molar-refractivity contribution is 0.0917. The summed E-state index contributed by atoms with van der Waals surface area (Å²) in [4.78, 5) is 27.0. The van der Waals surface area contributed by atoms with Gasteiger partial charge in [-0.1, -0.05) is 25.1 Å². The van der Waals surface area contributed by atoms with E-state index in [1.54, 1.807) is 6.07 Å². The molecule has 1 saturated heterocycles. The van der Waals surface area contributed by atoms with E-state index in [-0.39, 0.29) is 17.5 Å². The molecule has 0 spiro atoms. The Morgan fingerprint density at radius 3 is 2.95 bits per heavy atom. The number of amides is 1.